The lowest BCUT2D eigenvalue weighted by atomic mass is 9.92. The molecule has 1 fully saturated rings. The number of benzene rings is 2. The summed E-state index contributed by atoms with van der Waals surface area (Å²) in [5, 5.41) is 15.0. The van der Waals surface area contributed by atoms with E-state index in [0.717, 1.165) is 24.8 Å². The molecule has 0 bridgehead atoms. The number of hydrogen-bond acceptors (Lipinski definition) is 7. The molecule has 2 aromatic heterocycles. The summed E-state index contributed by atoms with van der Waals surface area (Å²) in [5.74, 6) is 1.17. The van der Waals surface area contributed by atoms with Crippen LogP contribution >= 0.6 is 0 Å². The predicted octanol–water partition coefficient (Wildman–Crippen LogP) is 4.06. The molecule has 3 heterocycles. The summed E-state index contributed by atoms with van der Waals surface area (Å²) in [6.45, 7) is 6.07. The Kier molecular flexibility index (Phi) is 8.58. The van der Waals surface area contributed by atoms with E-state index in [1.165, 1.54) is 16.4 Å². The van der Waals surface area contributed by atoms with Crippen molar-refractivity contribution in [2.24, 2.45) is 0 Å². The van der Waals surface area contributed by atoms with Crippen molar-refractivity contribution in [1.29, 1.82) is 0 Å². The molecule has 11 heteroatoms. The van der Waals surface area contributed by atoms with Crippen LogP contribution in [0.25, 0.3) is 16.9 Å². The monoisotopic (exact) mass is 579 g/mol. The number of aliphatic hydroxyl groups is 1. The minimum Gasteiger partial charge on any atom is -0.493 e. The number of unbranched alkanes of at least 4 members (excludes halogenated alkanes) is 2. The average Bonchev–Trinajstić information content (AvgIpc) is 3.55. The molecule has 2 N–H and O–H groups in total. The molecule has 0 aliphatic carbocycles. The van der Waals surface area contributed by atoms with Gasteiger partial charge in [0.2, 0.25) is 10.0 Å². The second-order valence-corrected chi connectivity index (χ2v) is 12.3. The highest BCUT2D eigenvalue weighted by Crippen LogP contribution is 2.38. The van der Waals surface area contributed by atoms with E-state index in [1.807, 2.05) is 37.3 Å². The molecule has 1 aliphatic rings. The number of hydrogen-bond donors (Lipinski definition) is 2. The zero-order chi connectivity index (χ0) is 29.1. The SMILES string of the molecule is CCCCCc1nc(C)c2c(=O)[nH]c(-c3cc(S(=O)(=O)N4CCC(c5ccccc5)C4CO)ccc3OCC)nn12. The number of ether oxygens (including phenoxy) is 1. The van der Waals surface area contributed by atoms with Gasteiger partial charge in [-0.1, -0.05) is 50.1 Å². The molecule has 5 rings (SSSR count). The Balaban J connectivity index is 1.57. The van der Waals surface area contributed by atoms with Crippen LogP contribution in [0.1, 0.15) is 62.5 Å². The molecule has 0 spiro atoms. The van der Waals surface area contributed by atoms with Gasteiger partial charge in [-0.25, -0.2) is 17.9 Å². The van der Waals surface area contributed by atoms with Gasteiger partial charge in [0.05, 0.1) is 35.4 Å². The minimum atomic E-state index is -4.00. The van der Waals surface area contributed by atoms with E-state index < -0.39 is 16.1 Å². The predicted molar refractivity (Wildman–Crippen MR) is 157 cm³/mol. The summed E-state index contributed by atoms with van der Waals surface area (Å²) in [6, 6.07) is 13.7. The Bertz CT molecular complexity index is 1680. The molecule has 0 saturated carbocycles. The van der Waals surface area contributed by atoms with E-state index >= 15 is 0 Å². The fourth-order valence-corrected chi connectivity index (χ4v) is 7.45. The molecule has 10 nitrogen and oxygen atoms in total. The maximum absolute atomic E-state index is 14.0. The lowest BCUT2D eigenvalue weighted by Crippen LogP contribution is -2.39. The normalized spacial score (nSPS) is 17.9. The number of H-pyrrole nitrogens is 1. The van der Waals surface area contributed by atoms with Crippen molar-refractivity contribution in [2.75, 3.05) is 19.8 Å². The number of aliphatic hydroxyl groups excluding tert-OH is 1. The zero-order valence-corrected chi connectivity index (χ0v) is 24.5. The molecule has 0 amide bonds. The fraction of sp³-hybridized carbons (Fsp3) is 0.433. The van der Waals surface area contributed by atoms with Gasteiger partial charge in [-0.3, -0.25) is 4.79 Å². The zero-order valence-electron chi connectivity index (χ0n) is 23.7. The molecule has 1 saturated heterocycles. The summed E-state index contributed by atoms with van der Waals surface area (Å²) < 4.78 is 36.8. The maximum atomic E-state index is 14.0. The van der Waals surface area contributed by atoms with Crippen molar-refractivity contribution in [1.82, 2.24) is 23.9 Å². The van der Waals surface area contributed by atoms with Crippen LogP contribution in [0.5, 0.6) is 5.75 Å². The lowest BCUT2D eigenvalue weighted by Gasteiger charge is -2.26. The van der Waals surface area contributed by atoms with Crippen LogP contribution in [-0.2, 0) is 16.4 Å². The number of fused-ring (bicyclic) bond motifs is 1. The van der Waals surface area contributed by atoms with E-state index in [-0.39, 0.29) is 35.3 Å². The first-order chi connectivity index (χ1) is 19.8. The number of nitrogens with zero attached hydrogens (tertiary/aromatic N) is 4. The highest BCUT2D eigenvalue weighted by molar-refractivity contribution is 7.89. The minimum absolute atomic E-state index is 0.0378. The Labute approximate surface area is 240 Å². The van der Waals surface area contributed by atoms with E-state index in [0.29, 0.717) is 47.8 Å². The second-order valence-electron chi connectivity index (χ2n) is 10.4. The van der Waals surface area contributed by atoms with Gasteiger partial charge in [-0.2, -0.15) is 4.31 Å². The summed E-state index contributed by atoms with van der Waals surface area (Å²) in [6.07, 6.45) is 4.29. The molecule has 2 unspecified atom stereocenters. The third-order valence-corrected chi connectivity index (χ3v) is 9.69. The van der Waals surface area contributed by atoms with Crippen LogP contribution in [0.15, 0.2) is 58.2 Å². The number of nitrogens with one attached hydrogen (secondary N) is 1. The molecule has 1 aliphatic heterocycles. The number of imidazole rings is 1. The van der Waals surface area contributed by atoms with Gasteiger partial charge >= 0.3 is 0 Å². The molecule has 2 atom stereocenters. The van der Waals surface area contributed by atoms with Crippen LogP contribution in [0, 0.1) is 6.92 Å². The van der Waals surface area contributed by atoms with Crippen molar-refractivity contribution >= 4 is 15.5 Å². The van der Waals surface area contributed by atoms with Crippen LogP contribution in [0.4, 0.5) is 0 Å². The van der Waals surface area contributed by atoms with Gasteiger partial charge in [0, 0.05) is 18.9 Å². The van der Waals surface area contributed by atoms with Gasteiger partial charge in [0.15, 0.2) is 11.3 Å². The van der Waals surface area contributed by atoms with E-state index in [9.17, 15) is 18.3 Å². The summed E-state index contributed by atoms with van der Waals surface area (Å²) in [7, 11) is -4.00. The number of sulfonamides is 1. The summed E-state index contributed by atoms with van der Waals surface area (Å²) in [5.41, 5.74) is 1.96. The van der Waals surface area contributed by atoms with E-state index in [2.05, 4.69) is 16.9 Å². The number of aromatic amines is 1. The standard InChI is InChI=1S/C30H37N5O5S/c1-4-6-8-13-27-31-20(3)28-30(37)32-29(33-35(27)28)24-18-22(14-15-26(24)40-5-2)41(38,39)34-17-16-23(25(34)19-36)21-11-9-7-10-12-21/h7,9-12,14-15,18,23,25,36H,4-6,8,13,16-17,19H2,1-3H3,(H,32,33,37). The van der Waals surface area contributed by atoms with Gasteiger partial charge < -0.3 is 14.8 Å². The number of aromatic nitrogens is 4. The Morgan fingerprint density at radius 2 is 1.90 bits per heavy atom. The van der Waals surface area contributed by atoms with Crippen LogP contribution in [0.3, 0.4) is 0 Å². The largest absolute Gasteiger partial charge is 0.493 e. The van der Waals surface area contributed by atoms with Crippen molar-refractivity contribution < 1.29 is 18.3 Å². The molecular weight excluding hydrogens is 542 g/mol. The highest BCUT2D eigenvalue weighted by Gasteiger charge is 2.42. The van der Waals surface area contributed by atoms with Gasteiger partial charge in [-0.05, 0) is 50.5 Å². The second kappa shape index (κ2) is 12.1. The summed E-state index contributed by atoms with van der Waals surface area (Å²) >= 11 is 0. The molecule has 2 aromatic carbocycles. The fourth-order valence-electron chi connectivity index (χ4n) is 5.75. The maximum Gasteiger partial charge on any atom is 0.277 e. The molecule has 218 valence electrons. The summed E-state index contributed by atoms with van der Waals surface area (Å²) in [4.78, 5) is 20.7. The topological polar surface area (TPSA) is 130 Å². The first-order valence-corrected chi connectivity index (χ1v) is 15.7. The molecule has 0 radical (unpaired) electrons. The van der Waals surface area contributed by atoms with Crippen LogP contribution in [0.2, 0.25) is 0 Å². The van der Waals surface area contributed by atoms with Crippen molar-refractivity contribution in [3.8, 4) is 17.1 Å². The third-order valence-electron chi connectivity index (χ3n) is 7.77. The first kappa shape index (κ1) is 29.0. The van der Waals surface area contributed by atoms with E-state index in [1.54, 1.807) is 17.5 Å². The van der Waals surface area contributed by atoms with Crippen molar-refractivity contribution in [2.45, 2.75) is 69.7 Å². The molecule has 4 aromatic rings. The average molecular weight is 580 g/mol. The smallest absolute Gasteiger partial charge is 0.277 e. The van der Waals surface area contributed by atoms with Gasteiger partial charge in [0.25, 0.3) is 5.56 Å². The van der Waals surface area contributed by atoms with E-state index in [4.69, 9.17) is 9.84 Å². The quantitative estimate of drug-likeness (QED) is 0.256. The Morgan fingerprint density at radius 3 is 2.61 bits per heavy atom. The Morgan fingerprint density at radius 1 is 1.12 bits per heavy atom. The van der Waals surface area contributed by atoms with Crippen molar-refractivity contribution in [3.05, 3.63) is 76.0 Å². The molecular formula is C30H37N5O5S. The van der Waals surface area contributed by atoms with Gasteiger partial charge in [-0.15, -0.1) is 5.10 Å². The van der Waals surface area contributed by atoms with Crippen molar-refractivity contribution in [3.63, 3.8) is 0 Å². The van der Waals surface area contributed by atoms with Crippen LogP contribution in [-0.4, -0.2) is 63.2 Å². The highest BCUT2D eigenvalue weighted by atomic mass is 32.2. The molecule has 41 heavy (non-hydrogen) atoms. The van der Waals surface area contributed by atoms with Crippen LogP contribution < -0.4 is 10.3 Å². The number of aryl methyl sites for hydroxylation is 2. The third kappa shape index (κ3) is 5.53. The Hall–Kier alpha value is -3.54. The number of rotatable bonds is 11. The first-order valence-electron chi connectivity index (χ1n) is 14.2. The van der Waals surface area contributed by atoms with Gasteiger partial charge in [0.1, 0.15) is 11.6 Å². The lowest BCUT2D eigenvalue weighted by molar-refractivity contribution is 0.203.